The van der Waals surface area contributed by atoms with Crippen molar-refractivity contribution in [3.63, 3.8) is 0 Å². The first-order chi connectivity index (χ1) is 24.2. The molecule has 0 aliphatic carbocycles. The van der Waals surface area contributed by atoms with Gasteiger partial charge in [-0.1, -0.05) is 73.5 Å². The molecule has 0 saturated carbocycles. The largest absolute Gasteiger partial charge is 0.456 e. The molecule has 0 fully saturated rings. The highest BCUT2D eigenvalue weighted by Gasteiger charge is 2.24. The van der Waals surface area contributed by atoms with Gasteiger partial charge in [-0.25, -0.2) is 0 Å². The number of aryl methyl sites for hydroxylation is 5. The second kappa shape index (κ2) is 10.2. The lowest BCUT2D eigenvalue weighted by molar-refractivity contribution is 0.669. The zero-order valence-electron chi connectivity index (χ0n) is 29.7. The maximum absolute atomic E-state index is 6.71. The Hall–Kier alpha value is -5.60. The molecule has 0 aliphatic rings. The van der Waals surface area contributed by atoms with Gasteiger partial charge in [-0.3, -0.25) is 0 Å². The van der Waals surface area contributed by atoms with Crippen molar-refractivity contribution in [1.29, 1.82) is 0 Å². The van der Waals surface area contributed by atoms with Gasteiger partial charge < -0.3 is 8.98 Å². The molecule has 0 radical (unpaired) electrons. The maximum Gasteiger partial charge on any atom is 0.136 e. The molecule has 2 nitrogen and oxygen atoms in total. The number of nitrogens with zero attached hydrogens (tertiary/aromatic N) is 1. The molecular weight excluding hydrogens is 607 g/mol. The standard InChI is InChI=1S/C48H39NO/c1-25(2)31-13-16-42-39(21-31)46-34-14-12-32-22-38-35-20-27(4)11-15-41(35)49(33-10-8-9-26(3)19-33)48(38)40-23-36(44-29(6)17-28(5)18-30(44)7)37(24-43(46)50-42)47(34)45(32)40/h8-25H,1-7H3. The number of aromatic nitrogens is 1. The van der Waals surface area contributed by atoms with E-state index in [2.05, 4.69) is 156 Å². The summed E-state index contributed by atoms with van der Waals surface area (Å²) in [5, 5.41) is 12.7. The van der Waals surface area contributed by atoms with Crippen molar-refractivity contribution >= 4 is 76.1 Å². The van der Waals surface area contributed by atoms with E-state index in [9.17, 15) is 0 Å². The normalized spacial score (nSPS) is 12.5. The summed E-state index contributed by atoms with van der Waals surface area (Å²) in [6, 6.07) is 39.3. The highest BCUT2D eigenvalue weighted by atomic mass is 16.3. The van der Waals surface area contributed by atoms with E-state index in [4.69, 9.17) is 4.42 Å². The van der Waals surface area contributed by atoms with Gasteiger partial charge >= 0.3 is 0 Å². The van der Waals surface area contributed by atoms with Gasteiger partial charge in [0.2, 0.25) is 0 Å². The fourth-order valence-corrected chi connectivity index (χ4v) is 9.13. The Morgan fingerprint density at radius 2 is 1.32 bits per heavy atom. The summed E-state index contributed by atoms with van der Waals surface area (Å²) in [7, 11) is 0. The molecule has 0 aliphatic heterocycles. The summed E-state index contributed by atoms with van der Waals surface area (Å²) >= 11 is 0. The van der Waals surface area contributed by atoms with E-state index in [1.165, 1.54) is 115 Å². The van der Waals surface area contributed by atoms with Gasteiger partial charge in [0.05, 0.1) is 11.0 Å². The molecule has 242 valence electrons. The van der Waals surface area contributed by atoms with Gasteiger partial charge in [0.25, 0.3) is 0 Å². The number of fused-ring (bicyclic) bond motifs is 8. The summed E-state index contributed by atoms with van der Waals surface area (Å²) in [4.78, 5) is 0. The Morgan fingerprint density at radius 1 is 0.520 bits per heavy atom. The predicted octanol–water partition coefficient (Wildman–Crippen LogP) is 13.9. The van der Waals surface area contributed by atoms with Crippen molar-refractivity contribution in [3.05, 3.63) is 137 Å². The first-order valence-corrected chi connectivity index (χ1v) is 17.9. The summed E-state index contributed by atoms with van der Waals surface area (Å²) in [5.74, 6) is 0.434. The zero-order chi connectivity index (χ0) is 34.2. The van der Waals surface area contributed by atoms with E-state index in [1.54, 1.807) is 0 Å². The van der Waals surface area contributed by atoms with Gasteiger partial charge in [0, 0.05) is 32.6 Å². The quantitative estimate of drug-likeness (QED) is 0.175. The van der Waals surface area contributed by atoms with Crippen molar-refractivity contribution < 1.29 is 4.42 Å². The van der Waals surface area contributed by atoms with Crippen LogP contribution in [0.2, 0.25) is 0 Å². The van der Waals surface area contributed by atoms with Crippen molar-refractivity contribution in [1.82, 2.24) is 4.57 Å². The minimum atomic E-state index is 0.434. The molecule has 0 spiro atoms. The van der Waals surface area contributed by atoms with Gasteiger partial charge in [-0.2, -0.15) is 0 Å². The first kappa shape index (κ1) is 29.3. The van der Waals surface area contributed by atoms with Crippen LogP contribution in [-0.2, 0) is 0 Å². The van der Waals surface area contributed by atoms with Gasteiger partial charge in [-0.15, -0.1) is 0 Å². The van der Waals surface area contributed by atoms with Crippen LogP contribution in [0.25, 0.3) is 92.9 Å². The van der Waals surface area contributed by atoms with Crippen LogP contribution in [0, 0.1) is 34.6 Å². The minimum absolute atomic E-state index is 0.434. The van der Waals surface area contributed by atoms with E-state index in [1.807, 2.05) is 0 Å². The van der Waals surface area contributed by atoms with Crippen LogP contribution in [0.15, 0.2) is 108 Å². The number of hydrogen-bond donors (Lipinski definition) is 0. The smallest absolute Gasteiger partial charge is 0.136 e. The number of rotatable bonds is 3. The Morgan fingerprint density at radius 3 is 2.10 bits per heavy atom. The van der Waals surface area contributed by atoms with Crippen LogP contribution in [-0.4, -0.2) is 4.57 Å². The van der Waals surface area contributed by atoms with Crippen molar-refractivity contribution in [2.75, 3.05) is 0 Å². The van der Waals surface area contributed by atoms with E-state index >= 15 is 0 Å². The SMILES string of the molecule is Cc1cccc(-n2c3ccc(C)cc3c3cc4ccc5c6c(cc7c(-c8c(C)cc(C)cc8C)cc(c4c75)c32)oc2ccc(C(C)C)cc26)c1. The Kier molecular flexibility index (Phi) is 5.99. The molecule has 0 saturated heterocycles. The van der Waals surface area contributed by atoms with Gasteiger partial charge in [0.1, 0.15) is 11.2 Å². The van der Waals surface area contributed by atoms with E-state index < -0.39 is 0 Å². The fourth-order valence-electron chi connectivity index (χ4n) is 9.13. The summed E-state index contributed by atoms with van der Waals surface area (Å²) < 4.78 is 9.23. The van der Waals surface area contributed by atoms with Gasteiger partial charge in [-0.05, 0) is 155 Å². The lowest BCUT2D eigenvalue weighted by Crippen LogP contribution is -1.97. The molecule has 10 aromatic rings. The maximum atomic E-state index is 6.71. The monoisotopic (exact) mass is 645 g/mol. The molecule has 0 unspecified atom stereocenters. The van der Waals surface area contributed by atoms with Crippen LogP contribution < -0.4 is 0 Å². The Bertz CT molecular complexity index is 3030. The van der Waals surface area contributed by atoms with E-state index in [-0.39, 0.29) is 0 Å². The molecule has 0 amide bonds. The van der Waals surface area contributed by atoms with Crippen LogP contribution in [0.5, 0.6) is 0 Å². The summed E-state index contributed by atoms with van der Waals surface area (Å²) in [6.07, 6.45) is 0. The number of furan rings is 1. The lowest BCUT2D eigenvalue weighted by atomic mass is 9.84. The van der Waals surface area contributed by atoms with Crippen molar-refractivity contribution in [2.24, 2.45) is 0 Å². The van der Waals surface area contributed by atoms with Crippen molar-refractivity contribution in [2.45, 2.75) is 54.4 Å². The Labute approximate surface area is 291 Å². The molecule has 2 heterocycles. The molecule has 2 heteroatoms. The third kappa shape index (κ3) is 3.96. The van der Waals surface area contributed by atoms with E-state index in [0.717, 1.165) is 11.2 Å². The molecule has 8 aromatic carbocycles. The molecule has 50 heavy (non-hydrogen) atoms. The fraction of sp³-hybridized carbons (Fsp3) is 0.167. The first-order valence-electron chi connectivity index (χ1n) is 17.9. The number of benzene rings is 8. The topological polar surface area (TPSA) is 18.1 Å². The third-order valence-corrected chi connectivity index (χ3v) is 11.2. The third-order valence-electron chi connectivity index (χ3n) is 11.2. The average Bonchev–Trinajstić information content (AvgIpc) is 3.61. The molecule has 0 atom stereocenters. The molecule has 0 N–H and O–H groups in total. The second-order valence-corrected chi connectivity index (χ2v) is 15.1. The molecular formula is C48H39NO. The highest BCUT2D eigenvalue weighted by Crippen LogP contribution is 2.50. The van der Waals surface area contributed by atoms with Gasteiger partial charge in [0.15, 0.2) is 0 Å². The predicted molar refractivity (Wildman–Crippen MR) is 215 cm³/mol. The molecule has 0 bridgehead atoms. The van der Waals surface area contributed by atoms with Crippen LogP contribution in [0.3, 0.4) is 0 Å². The summed E-state index contributed by atoms with van der Waals surface area (Å²) in [6.45, 7) is 15.7. The summed E-state index contributed by atoms with van der Waals surface area (Å²) in [5.41, 5.74) is 15.9. The zero-order valence-corrected chi connectivity index (χ0v) is 29.7. The van der Waals surface area contributed by atoms with Crippen LogP contribution >= 0.6 is 0 Å². The molecule has 10 rings (SSSR count). The minimum Gasteiger partial charge on any atom is -0.456 e. The van der Waals surface area contributed by atoms with E-state index in [0.29, 0.717) is 5.92 Å². The average molecular weight is 646 g/mol. The lowest BCUT2D eigenvalue weighted by Gasteiger charge is -2.20. The van der Waals surface area contributed by atoms with Crippen LogP contribution in [0.4, 0.5) is 0 Å². The molecule has 2 aromatic heterocycles. The van der Waals surface area contributed by atoms with Crippen molar-refractivity contribution in [3.8, 4) is 16.8 Å². The Balaban J connectivity index is 1.50. The van der Waals surface area contributed by atoms with Crippen LogP contribution in [0.1, 0.15) is 53.1 Å². The highest BCUT2D eigenvalue weighted by molar-refractivity contribution is 6.38. The number of hydrogen-bond acceptors (Lipinski definition) is 1. The second-order valence-electron chi connectivity index (χ2n) is 15.1.